The first-order valence-electron chi connectivity index (χ1n) is 21.9. The lowest BCUT2D eigenvalue weighted by molar-refractivity contribution is -0.118. The van der Waals surface area contributed by atoms with Crippen molar-refractivity contribution in [3.05, 3.63) is 128 Å². The van der Waals surface area contributed by atoms with Gasteiger partial charge in [-0.3, -0.25) is 19.1 Å². The Kier molecular flexibility index (Phi) is 14.6. The fourth-order valence-electron chi connectivity index (χ4n) is 8.32. The Labute approximate surface area is 400 Å². The van der Waals surface area contributed by atoms with Crippen molar-refractivity contribution in [2.45, 2.75) is 58.4 Å². The van der Waals surface area contributed by atoms with Crippen LogP contribution in [0.4, 0.5) is 17.2 Å². The number of rotatable bonds is 19. The van der Waals surface area contributed by atoms with Crippen molar-refractivity contribution in [1.29, 1.82) is 0 Å². The van der Waals surface area contributed by atoms with Gasteiger partial charge in [0, 0.05) is 50.7 Å². The van der Waals surface area contributed by atoms with E-state index in [4.69, 9.17) is 35.5 Å². The van der Waals surface area contributed by atoms with E-state index in [1.54, 1.807) is 11.3 Å². The highest BCUT2D eigenvalue weighted by molar-refractivity contribution is 7.59. The number of hydrogen-bond acceptors (Lipinski definition) is 12. The van der Waals surface area contributed by atoms with E-state index in [9.17, 15) is 9.59 Å². The number of aryl methyl sites for hydroxylation is 3. The number of benzene rings is 3. The number of aliphatic imine (C=N–C) groups is 1. The van der Waals surface area contributed by atoms with Gasteiger partial charge >= 0.3 is 0 Å². The molecule has 14 nitrogen and oxygen atoms in total. The van der Waals surface area contributed by atoms with Crippen LogP contribution in [0.3, 0.4) is 0 Å². The van der Waals surface area contributed by atoms with Crippen LogP contribution in [-0.4, -0.2) is 90.1 Å². The SMILES string of the molecule is Cc1cc(NCCOCCOCCOCCOc2ccc(NC(=O)C[C@@H]3N=C(c4ccc(Cl)cc4)c4c(sc(C)c4C)-n4c(C)nnc43)cc2)ncc1-c1ccc2c(c1)C1(CC1)C(=O)N2.S. The monoisotopic (exact) mass is 948 g/mol. The van der Waals surface area contributed by atoms with E-state index in [-0.39, 0.29) is 37.1 Å². The minimum Gasteiger partial charge on any atom is -0.491 e. The summed E-state index contributed by atoms with van der Waals surface area (Å²) in [7, 11) is 0. The fourth-order valence-corrected chi connectivity index (χ4v) is 9.66. The quantitative estimate of drug-likeness (QED) is 0.0669. The van der Waals surface area contributed by atoms with Crippen molar-refractivity contribution in [2.24, 2.45) is 4.99 Å². The minimum atomic E-state index is -0.569. The number of fused-ring (bicyclic) bond motifs is 5. The Morgan fingerprint density at radius 3 is 2.29 bits per heavy atom. The average Bonchev–Trinajstić information content (AvgIpc) is 3.89. The molecule has 3 aromatic carbocycles. The standard InChI is InChI=1S/C49H51ClN8O6S.H2S/c1-29-25-42(52-28-38(29)34-7-14-40-39(26-34)49(15-16-49)48(60)55-40)51-17-18-61-19-20-62-21-22-63-23-24-64-37-12-10-36(11-13-37)53-43(59)27-41-46-57-56-32(4)58(46)47-44(30(2)31(3)65-47)45(54-41)33-5-8-35(50)9-6-33;/h5-14,25-26,28,41H,15-24,27H2,1-4H3,(H,51,52)(H,53,59)(H,55,60);1H2/t41-;/m0./s1. The summed E-state index contributed by atoms with van der Waals surface area (Å²) in [6.45, 7) is 11.9. The van der Waals surface area contributed by atoms with Gasteiger partial charge in [0.05, 0.1) is 57.2 Å². The molecule has 1 atom stereocenters. The summed E-state index contributed by atoms with van der Waals surface area (Å²) < 4.78 is 24.9. The lowest BCUT2D eigenvalue weighted by atomic mass is 9.93. The maximum absolute atomic E-state index is 13.5. The van der Waals surface area contributed by atoms with E-state index in [0.29, 0.717) is 75.1 Å². The van der Waals surface area contributed by atoms with Crippen molar-refractivity contribution < 1.29 is 28.5 Å². The molecule has 0 unspecified atom stereocenters. The van der Waals surface area contributed by atoms with Crippen molar-refractivity contribution in [3.63, 3.8) is 0 Å². The molecule has 0 radical (unpaired) electrons. The predicted molar refractivity (Wildman–Crippen MR) is 264 cm³/mol. The fraction of sp³-hybridized carbons (Fsp3) is 0.347. The lowest BCUT2D eigenvalue weighted by Gasteiger charge is -2.13. The van der Waals surface area contributed by atoms with E-state index in [1.165, 1.54) is 4.88 Å². The Hall–Kier alpha value is -5.62. The van der Waals surface area contributed by atoms with Gasteiger partial charge in [-0.15, -0.1) is 21.5 Å². The van der Waals surface area contributed by atoms with Crippen molar-refractivity contribution in [2.75, 3.05) is 68.7 Å². The van der Waals surface area contributed by atoms with Gasteiger partial charge < -0.3 is 34.9 Å². The van der Waals surface area contributed by atoms with Crippen LogP contribution in [0, 0.1) is 27.7 Å². The van der Waals surface area contributed by atoms with Crippen LogP contribution in [-0.2, 0) is 29.2 Å². The van der Waals surface area contributed by atoms with E-state index in [1.807, 2.05) is 84.4 Å². The molecule has 344 valence electrons. The minimum absolute atomic E-state index is 0. The van der Waals surface area contributed by atoms with Crippen molar-refractivity contribution in [3.8, 4) is 21.9 Å². The Morgan fingerprint density at radius 2 is 1.58 bits per heavy atom. The predicted octanol–water partition coefficient (Wildman–Crippen LogP) is 8.84. The summed E-state index contributed by atoms with van der Waals surface area (Å²) in [5.74, 6) is 2.74. The van der Waals surface area contributed by atoms with E-state index >= 15 is 0 Å². The van der Waals surface area contributed by atoms with Crippen LogP contribution in [0.25, 0.3) is 16.1 Å². The number of nitrogens with zero attached hydrogens (tertiary/aromatic N) is 5. The summed E-state index contributed by atoms with van der Waals surface area (Å²) in [5, 5.41) is 19.9. The molecular weight excluding hydrogens is 896 g/mol. The van der Waals surface area contributed by atoms with Gasteiger partial charge in [-0.2, -0.15) is 13.5 Å². The third-order valence-corrected chi connectivity index (χ3v) is 13.5. The molecule has 3 aromatic heterocycles. The molecule has 5 heterocycles. The largest absolute Gasteiger partial charge is 0.491 e. The molecule has 0 saturated heterocycles. The molecule has 3 aliphatic rings. The second-order valence-electron chi connectivity index (χ2n) is 16.5. The second kappa shape index (κ2) is 20.5. The second-order valence-corrected chi connectivity index (χ2v) is 18.1. The first-order valence-corrected chi connectivity index (χ1v) is 23.1. The Bertz CT molecular complexity index is 2750. The zero-order valence-corrected chi connectivity index (χ0v) is 39.9. The van der Waals surface area contributed by atoms with Gasteiger partial charge in [0.15, 0.2) is 5.82 Å². The number of amides is 2. The number of anilines is 3. The molecule has 1 saturated carbocycles. The normalized spacial score (nSPS) is 15.2. The lowest BCUT2D eigenvalue weighted by Crippen LogP contribution is -2.18. The van der Waals surface area contributed by atoms with Crippen LogP contribution in [0.2, 0.25) is 5.02 Å². The van der Waals surface area contributed by atoms with E-state index < -0.39 is 6.04 Å². The summed E-state index contributed by atoms with van der Waals surface area (Å²) in [6.07, 6.45) is 3.79. The topological polar surface area (TPSA) is 163 Å². The highest BCUT2D eigenvalue weighted by Gasteiger charge is 2.56. The Balaban J connectivity index is 0.00000592. The van der Waals surface area contributed by atoms with Crippen LogP contribution in [0.5, 0.6) is 5.75 Å². The van der Waals surface area contributed by atoms with Gasteiger partial charge in [-0.1, -0.05) is 29.8 Å². The smallest absolute Gasteiger partial charge is 0.235 e. The molecule has 9 rings (SSSR count). The maximum Gasteiger partial charge on any atom is 0.235 e. The third kappa shape index (κ3) is 10.0. The summed E-state index contributed by atoms with van der Waals surface area (Å²) in [4.78, 5) is 36.9. The van der Waals surface area contributed by atoms with Crippen LogP contribution in [0.1, 0.15) is 69.6 Å². The number of carbonyl (C=O) groups excluding carboxylic acids is 2. The van der Waals surface area contributed by atoms with E-state index in [2.05, 4.69) is 58.0 Å². The maximum atomic E-state index is 13.5. The zero-order chi connectivity index (χ0) is 45.1. The number of aromatic nitrogens is 4. The molecular formula is C49H53ClN8O6S2. The third-order valence-electron chi connectivity index (χ3n) is 12.1. The van der Waals surface area contributed by atoms with Gasteiger partial charge in [0.25, 0.3) is 0 Å². The number of carbonyl (C=O) groups is 2. The molecule has 6 aromatic rings. The summed E-state index contributed by atoms with van der Waals surface area (Å²) >= 11 is 7.92. The first-order chi connectivity index (χ1) is 31.6. The van der Waals surface area contributed by atoms with Crippen molar-refractivity contribution >= 4 is 71.2 Å². The van der Waals surface area contributed by atoms with Gasteiger partial charge in [0.2, 0.25) is 11.8 Å². The van der Waals surface area contributed by atoms with Gasteiger partial charge in [-0.25, -0.2) is 4.98 Å². The number of ether oxygens (including phenoxy) is 4. The molecule has 2 amide bonds. The number of nitrogens with one attached hydrogen (secondary N) is 3. The molecule has 1 spiro atoms. The van der Waals surface area contributed by atoms with Crippen LogP contribution in [0.15, 0.2) is 84.0 Å². The highest BCUT2D eigenvalue weighted by Crippen LogP contribution is 2.55. The first kappa shape index (κ1) is 46.9. The van der Waals surface area contributed by atoms with E-state index in [0.717, 1.165) is 79.8 Å². The number of thiophene rings is 1. The molecule has 3 N–H and O–H groups in total. The van der Waals surface area contributed by atoms with Gasteiger partial charge in [-0.05, 0) is 117 Å². The number of pyridine rings is 1. The van der Waals surface area contributed by atoms with Gasteiger partial charge in [0.1, 0.15) is 35.0 Å². The van der Waals surface area contributed by atoms with Crippen LogP contribution >= 0.6 is 36.4 Å². The molecule has 1 fully saturated rings. The number of halogens is 1. The Morgan fingerprint density at radius 1 is 0.879 bits per heavy atom. The molecule has 17 heteroatoms. The number of hydrogen-bond donors (Lipinski definition) is 3. The molecule has 1 aliphatic carbocycles. The highest BCUT2D eigenvalue weighted by atomic mass is 35.5. The molecule has 0 bridgehead atoms. The summed E-state index contributed by atoms with van der Waals surface area (Å²) in [6, 6.07) is 22.5. The zero-order valence-electron chi connectivity index (χ0n) is 37.3. The average molecular weight is 950 g/mol. The molecule has 2 aliphatic heterocycles. The van der Waals surface area contributed by atoms with Crippen LogP contribution < -0.4 is 20.7 Å². The van der Waals surface area contributed by atoms with Crippen molar-refractivity contribution in [1.82, 2.24) is 19.7 Å². The summed E-state index contributed by atoms with van der Waals surface area (Å²) in [5.41, 5.74) is 9.48. The molecule has 66 heavy (non-hydrogen) atoms.